The van der Waals surface area contributed by atoms with Crippen LogP contribution in [0.5, 0.6) is 0 Å². The van der Waals surface area contributed by atoms with E-state index in [9.17, 15) is 0 Å². The van der Waals surface area contributed by atoms with Crippen molar-refractivity contribution in [3.8, 4) is 0 Å². The Bertz CT molecular complexity index is 409. The van der Waals surface area contributed by atoms with Gasteiger partial charge in [-0.2, -0.15) is 0 Å². The van der Waals surface area contributed by atoms with Crippen LogP contribution in [-0.2, 0) is 0 Å². The normalized spacial score (nSPS) is 23.6. The van der Waals surface area contributed by atoms with Gasteiger partial charge in [-0.05, 0) is 38.5 Å². The standard InChI is InChI=1S/C15H26N4/c1-10(2)15-18-11(3)8-14(19-15)17-9-12-4-6-13(16)7-5-12/h8,10,12-13H,4-7,9,16H2,1-3H3,(H,17,18,19). The highest BCUT2D eigenvalue weighted by atomic mass is 15.0. The highest BCUT2D eigenvalue weighted by molar-refractivity contribution is 5.36. The molecule has 1 fully saturated rings. The van der Waals surface area contributed by atoms with E-state index in [0.29, 0.717) is 12.0 Å². The number of nitrogens with zero attached hydrogens (tertiary/aromatic N) is 2. The summed E-state index contributed by atoms with van der Waals surface area (Å²) in [7, 11) is 0. The van der Waals surface area contributed by atoms with Crippen molar-refractivity contribution in [2.75, 3.05) is 11.9 Å². The number of aryl methyl sites for hydroxylation is 1. The van der Waals surface area contributed by atoms with Gasteiger partial charge in [-0.1, -0.05) is 13.8 Å². The molecule has 0 amide bonds. The van der Waals surface area contributed by atoms with E-state index in [-0.39, 0.29) is 0 Å². The summed E-state index contributed by atoms with van der Waals surface area (Å²) in [4.78, 5) is 9.06. The van der Waals surface area contributed by atoms with E-state index < -0.39 is 0 Å². The predicted octanol–water partition coefficient (Wildman–Crippen LogP) is 2.84. The molecule has 4 heteroatoms. The topological polar surface area (TPSA) is 63.8 Å². The van der Waals surface area contributed by atoms with Crippen molar-refractivity contribution >= 4 is 5.82 Å². The van der Waals surface area contributed by atoms with Crippen LogP contribution in [0.4, 0.5) is 5.82 Å². The van der Waals surface area contributed by atoms with E-state index >= 15 is 0 Å². The van der Waals surface area contributed by atoms with Gasteiger partial charge in [-0.25, -0.2) is 9.97 Å². The smallest absolute Gasteiger partial charge is 0.133 e. The molecule has 2 rings (SSSR count). The van der Waals surface area contributed by atoms with Crippen LogP contribution in [0.25, 0.3) is 0 Å². The summed E-state index contributed by atoms with van der Waals surface area (Å²) in [5.41, 5.74) is 6.97. The molecule has 0 radical (unpaired) electrons. The number of aromatic nitrogens is 2. The number of rotatable bonds is 4. The summed E-state index contributed by atoms with van der Waals surface area (Å²) in [6.45, 7) is 7.28. The average molecular weight is 262 g/mol. The van der Waals surface area contributed by atoms with Crippen LogP contribution in [0, 0.1) is 12.8 Å². The maximum atomic E-state index is 5.94. The Kier molecular flexibility index (Phi) is 4.75. The molecule has 0 aliphatic heterocycles. The zero-order valence-electron chi connectivity index (χ0n) is 12.3. The predicted molar refractivity (Wildman–Crippen MR) is 79.3 cm³/mol. The molecule has 0 spiro atoms. The summed E-state index contributed by atoms with van der Waals surface area (Å²) < 4.78 is 0. The first-order chi connectivity index (χ1) is 9.04. The summed E-state index contributed by atoms with van der Waals surface area (Å²) in [6, 6.07) is 2.45. The summed E-state index contributed by atoms with van der Waals surface area (Å²) >= 11 is 0. The van der Waals surface area contributed by atoms with Crippen LogP contribution in [-0.4, -0.2) is 22.6 Å². The molecule has 19 heavy (non-hydrogen) atoms. The van der Waals surface area contributed by atoms with Gasteiger partial charge in [0.1, 0.15) is 11.6 Å². The molecular formula is C15H26N4. The van der Waals surface area contributed by atoms with Gasteiger partial charge in [-0.15, -0.1) is 0 Å². The second kappa shape index (κ2) is 6.33. The van der Waals surface area contributed by atoms with Crippen LogP contribution >= 0.6 is 0 Å². The third-order valence-electron chi connectivity index (χ3n) is 3.85. The van der Waals surface area contributed by atoms with Crippen LogP contribution in [0.15, 0.2) is 6.07 Å². The van der Waals surface area contributed by atoms with Crippen molar-refractivity contribution in [1.82, 2.24) is 9.97 Å². The van der Waals surface area contributed by atoms with Crippen LogP contribution < -0.4 is 11.1 Å². The Hall–Kier alpha value is -1.16. The van der Waals surface area contributed by atoms with Crippen molar-refractivity contribution in [2.45, 2.75) is 58.4 Å². The van der Waals surface area contributed by atoms with Gasteiger partial charge in [0.05, 0.1) is 0 Å². The summed E-state index contributed by atoms with van der Waals surface area (Å²) in [5, 5.41) is 3.47. The van der Waals surface area contributed by atoms with Gasteiger partial charge in [-0.3, -0.25) is 0 Å². The van der Waals surface area contributed by atoms with E-state index in [2.05, 4.69) is 29.1 Å². The van der Waals surface area contributed by atoms with Gasteiger partial charge in [0.25, 0.3) is 0 Å². The maximum absolute atomic E-state index is 5.94. The van der Waals surface area contributed by atoms with Crippen LogP contribution in [0.3, 0.4) is 0 Å². The lowest BCUT2D eigenvalue weighted by atomic mass is 9.86. The quantitative estimate of drug-likeness (QED) is 0.875. The fourth-order valence-corrected chi connectivity index (χ4v) is 2.58. The molecule has 0 atom stereocenters. The molecule has 1 aliphatic rings. The van der Waals surface area contributed by atoms with E-state index in [0.717, 1.165) is 42.6 Å². The van der Waals surface area contributed by atoms with Crippen molar-refractivity contribution in [2.24, 2.45) is 11.7 Å². The largest absolute Gasteiger partial charge is 0.370 e. The number of nitrogens with one attached hydrogen (secondary N) is 1. The molecule has 106 valence electrons. The zero-order chi connectivity index (χ0) is 13.8. The lowest BCUT2D eigenvalue weighted by Gasteiger charge is -2.26. The van der Waals surface area contributed by atoms with Gasteiger partial charge in [0.2, 0.25) is 0 Å². The van der Waals surface area contributed by atoms with Crippen LogP contribution in [0.2, 0.25) is 0 Å². The number of hydrogen-bond acceptors (Lipinski definition) is 4. The van der Waals surface area contributed by atoms with Gasteiger partial charge < -0.3 is 11.1 Å². The molecule has 1 aromatic heterocycles. The van der Waals surface area contributed by atoms with Gasteiger partial charge in [0.15, 0.2) is 0 Å². The fourth-order valence-electron chi connectivity index (χ4n) is 2.58. The summed E-state index contributed by atoms with van der Waals surface area (Å²) in [5.74, 6) is 2.99. The minimum absolute atomic E-state index is 0.369. The Morgan fingerprint density at radius 3 is 2.58 bits per heavy atom. The first-order valence-electron chi connectivity index (χ1n) is 7.39. The fraction of sp³-hybridized carbons (Fsp3) is 0.733. The Morgan fingerprint density at radius 2 is 1.95 bits per heavy atom. The second-order valence-electron chi connectivity index (χ2n) is 6.07. The molecule has 0 bridgehead atoms. The van der Waals surface area contributed by atoms with Crippen molar-refractivity contribution < 1.29 is 0 Å². The second-order valence-corrected chi connectivity index (χ2v) is 6.07. The lowest BCUT2D eigenvalue weighted by molar-refractivity contribution is 0.338. The molecule has 0 unspecified atom stereocenters. The Labute approximate surface area is 116 Å². The van der Waals surface area contributed by atoms with E-state index in [1.807, 2.05) is 13.0 Å². The number of anilines is 1. The van der Waals surface area contributed by atoms with Gasteiger partial charge in [0, 0.05) is 30.3 Å². The SMILES string of the molecule is Cc1cc(NCC2CCC(N)CC2)nc(C(C)C)n1. The van der Waals surface area contributed by atoms with E-state index in [1.165, 1.54) is 12.8 Å². The molecule has 4 nitrogen and oxygen atoms in total. The van der Waals surface area contributed by atoms with Crippen molar-refractivity contribution in [1.29, 1.82) is 0 Å². The number of hydrogen-bond donors (Lipinski definition) is 2. The average Bonchev–Trinajstić information content (AvgIpc) is 2.37. The van der Waals surface area contributed by atoms with Crippen molar-refractivity contribution in [3.63, 3.8) is 0 Å². The Balaban J connectivity index is 1.92. The molecule has 0 aromatic carbocycles. The molecule has 3 N–H and O–H groups in total. The minimum Gasteiger partial charge on any atom is -0.370 e. The lowest BCUT2D eigenvalue weighted by Crippen LogP contribution is -2.29. The third kappa shape index (κ3) is 4.16. The molecule has 0 saturated heterocycles. The van der Waals surface area contributed by atoms with Crippen molar-refractivity contribution in [3.05, 3.63) is 17.6 Å². The number of nitrogens with two attached hydrogens (primary N) is 1. The highest BCUT2D eigenvalue weighted by Gasteiger charge is 2.18. The first-order valence-corrected chi connectivity index (χ1v) is 7.39. The first kappa shape index (κ1) is 14.3. The highest BCUT2D eigenvalue weighted by Crippen LogP contribution is 2.23. The molecule has 1 heterocycles. The minimum atomic E-state index is 0.369. The maximum Gasteiger partial charge on any atom is 0.133 e. The Morgan fingerprint density at radius 1 is 1.26 bits per heavy atom. The molecule has 1 aromatic rings. The monoisotopic (exact) mass is 262 g/mol. The van der Waals surface area contributed by atoms with E-state index in [1.54, 1.807) is 0 Å². The van der Waals surface area contributed by atoms with Gasteiger partial charge >= 0.3 is 0 Å². The zero-order valence-corrected chi connectivity index (χ0v) is 12.3. The van der Waals surface area contributed by atoms with Crippen LogP contribution in [0.1, 0.15) is 57.0 Å². The summed E-state index contributed by atoms with van der Waals surface area (Å²) in [6.07, 6.45) is 4.78. The molecule has 1 saturated carbocycles. The molecule has 1 aliphatic carbocycles. The third-order valence-corrected chi connectivity index (χ3v) is 3.85. The van der Waals surface area contributed by atoms with E-state index in [4.69, 9.17) is 5.73 Å². The molecular weight excluding hydrogens is 236 g/mol.